The van der Waals surface area contributed by atoms with E-state index in [1.807, 2.05) is 25.1 Å². The number of hydrogen-bond acceptors (Lipinski definition) is 6. The molecule has 146 valence electrons. The Morgan fingerprint density at radius 2 is 1.67 bits per heavy atom. The van der Waals surface area contributed by atoms with E-state index in [0.717, 1.165) is 22.1 Å². The topological polar surface area (TPSA) is 52.6 Å². The predicted octanol–water partition coefficient (Wildman–Crippen LogP) is 4.78. The Morgan fingerprint density at radius 3 is 2.41 bits per heavy atom. The fourth-order valence-electron chi connectivity index (χ4n) is 2.61. The number of benzene rings is 2. The molecule has 27 heavy (non-hydrogen) atoms. The number of Topliss-reactive ketones (excluding diaryl/α,β-unsaturated/α-hetero) is 1. The average molecular weight is 407 g/mol. The van der Waals surface area contributed by atoms with Crippen molar-refractivity contribution in [1.82, 2.24) is 0 Å². The van der Waals surface area contributed by atoms with E-state index in [2.05, 4.69) is 25.1 Å². The summed E-state index contributed by atoms with van der Waals surface area (Å²) in [5.41, 5.74) is 2.13. The molecule has 0 saturated carbocycles. The molecule has 2 aromatic rings. The molecule has 0 aromatic heterocycles. The number of methoxy groups -OCH3 is 1. The van der Waals surface area contributed by atoms with Crippen LogP contribution in [0, 0.1) is 6.92 Å². The number of aryl methyl sites for hydroxylation is 1. The Balaban J connectivity index is 1.79. The summed E-state index contributed by atoms with van der Waals surface area (Å²) in [6.45, 7) is 4.92. The first-order chi connectivity index (χ1) is 13.0. The largest absolute Gasteiger partial charge is 0.464 e. The second kappa shape index (κ2) is 11.4. The van der Waals surface area contributed by atoms with Gasteiger partial charge < -0.3 is 9.47 Å². The number of carbonyl (C=O) groups excluding carboxylic acids is 2. The van der Waals surface area contributed by atoms with Crippen LogP contribution in [0.4, 0.5) is 0 Å². The Morgan fingerprint density at radius 1 is 1.00 bits per heavy atom. The van der Waals surface area contributed by atoms with Crippen molar-refractivity contribution in [1.29, 1.82) is 0 Å². The SMILES string of the molecule is COCCSSCCOC(=O)CC(=O)C(C)c1ccc2cc(C)ccc2c1. The van der Waals surface area contributed by atoms with E-state index in [1.165, 1.54) is 5.56 Å². The Hall–Kier alpha value is -1.50. The zero-order valence-electron chi connectivity index (χ0n) is 16.0. The molecule has 0 aliphatic heterocycles. The molecule has 0 spiro atoms. The van der Waals surface area contributed by atoms with Crippen molar-refractivity contribution in [2.45, 2.75) is 26.2 Å². The van der Waals surface area contributed by atoms with Crippen molar-refractivity contribution >= 4 is 44.1 Å². The van der Waals surface area contributed by atoms with Gasteiger partial charge in [0.25, 0.3) is 0 Å². The van der Waals surface area contributed by atoms with Gasteiger partial charge in [0, 0.05) is 24.5 Å². The van der Waals surface area contributed by atoms with Crippen molar-refractivity contribution in [3.8, 4) is 0 Å². The summed E-state index contributed by atoms with van der Waals surface area (Å²) in [6, 6.07) is 12.2. The molecule has 0 amide bonds. The zero-order chi connectivity index (χ0) is 19.6. The minimum absolute atomic E-state index is 0.117. The van der Waals surface area contributed by atoms with Gasteiger partial charge in [0.05, 0.1) is 6.61 Å². The molecule has 0 aliphatic rings. The van der Waals surface area contributed by atoms with Crippen molar-refractivity contribution in [2.24, 2.45) is 0 Å². The third-order valence-corrected chi connectivity index (χ3v) is 6.54. The molecule has 2 aromatic carbocycles. The van der Waals surface area contributed by atoms with E-state index in [9.17, 15) is 9.59 Å². The fraction of sp³-hybridized carbons (Fsp3) is 0.429. The lowest BCUT2D eigenvalue weighted by molar-refractivity contribution is -0.145. The summed E-state index contributed by atoms with van der Waals surface area (Å²) in [6.07, 6.45) is -0.186. The third-order valence-electron chi connectivity index (χ3n) is 4.21. The number of esters is 1. The van der Waals surface area contributed by atoms with Crippen LogP contribution in [0.25, 0.3) is 10.8 Å². The van der Waals surface area contributed by atoms with E-state index in [1.54, 1.807) is 28.7 Å². The third kappa shape index (κ3) is 7.20. The zero-order valence-corrected chi connectivity index (χ0v) is 17.7. The highest BCUT2D eigenvalue weighted by atomic mass is 33.1. The molecule has 4 nitrogen and oxygen atoms in total. The minimum atomic E-state index is -0.453. The second-order valence-corrected chi connectivity index (χ2v) is 9.03. The van der Waals surface area contributed by atoms with Gasteiger partial charge in [-0.25, -0.2) is 0 Å². The Kier molecular flexibility index (Phi) is 9.18. The van der Waals surface area contributed by atoms with E-state index >= 15 is 0 Å². The summed E-state index contributed by atoms with van der Waals surface area (Å²) in [5, 5.41) is 2.25. The van der Waals surface area contributed by atoms with Crippen LogP contribution in [0.2, 0.25) is 0 Å². The maximum atomic E-state index is 12.4. The number of carbonyl (C=O) groups is 2. The Labute approximate surface area is 168 Å². The molecule has 0 fully saturated rings. The highest BCUT2D eigenvalue weighted by molar-refractivity contribution is 8.76. The molecule has 6 heteroatoms. The second-order valence-electron chi connectivity index (χ2n) is 6.33. The predicted molar refractivity (Wildman–Crippen MR) is 114 cm³/mol. The van der Waals surface area contributed by atoms with Crippen molar-refractivity contribution in [2.75, 3.05) is 31.8 Å². The first-order valence-electron chi connectivity index (χ1n) is 8.93. The lowest BCUT2D eigenvalue weighted by Crippen LogP contribution is -2.17. The Bertz CT molecular complexity index is 776. The lowest BCUT2D eigenvalue weighted by atomic mass is 9.92. The van der Waals surface area contributed by atoms with Crippen LogP contribution in [0.5, 0.6) is 0 Å². The maximum absolute atomic E-state index is 12.4. The van der Waals surface area contributed by atoms with Crippen LogP contribution in [-0.2, 0) is 19.1 Å². The van der Waals surface area contributed by atoms with Gasteiger partial charge in [0.1, 0.15) is 13.0 Å². The first-order valence-corrected chi connectivity index (χ1v) is 11.4. The fourth-order valence-corrected chi connectivity index (χ4v) is 4.35. The van der Waals surface area contributed by atoms with Crippen molar-refractivity contribution in [3.05, 3.63) is 47.5 Å². The molecule has 1 atom stereocenters. The minimum Gasteiger partial charge on any atom is -0.464 e. The normalized spacial score (nSPS) is 12.1. The lowest BCUT2D eigenvalue weighted by Gasteiger charge is -2.12. The van der Waals surface area contributed by atoms with Crippen molar-refractivity contribution in [3.63, 3.8) is 0 Å². The summed E-state index contributed by atoms with van der Waals surface area (Å²) in [7, 11) is 4.98. The van der Waals surface area contributed by atoms with E-state index in [0.29, 0.717) is 19.0 Å². The quantitative estimate of drug-likeness (QED) is 0.232. The van der Waals surface area contributed by atoms with Gasteiger partial charge in [-0.1, -0.05) is 70.5 Å². The summed E-state index contributed by atoms with van der Waals surface area (Å²) >= 11 is 0. The van der Waals surface area contributed by atoms with Crippen LogP contribution in [0.15, 0.2) is 36.4 Å². The molecule has 0 heterocycles. The van der Waals surface area contributed by atoms with E-state index < -0.39 is 5.97 Å². The van der Waals surface area contributed by atoms with Gasteiger partial charge in [-0.15, -0.1) is 0 Å². The van der Waals surface area contributed by atoms with E-state index in [-0.39, 0.29) is 18.1 Å². The number of ether oxygens (including phenoxy) is 2. The molecule has 0 aliphatic carbocycles. The van der Waals surface area contributed by atoms with Crippen LogP contribution < -0.4 is 0 Å². The van der Waals surface area contributed by atoms with Gasteiger partial charge in [-0.05, 0) is 23.3 Å². The summed E-state index contributed by atoms with van der Waals surface area (Å²) in [4.78, 5) is 24.3. The maximum Gasteiger partial charge on any atom is 0.313 e. The van der Waals surface area contributed by atoms with Gasteiger partial charge in [-0.3, -0.25) is 9.59 Å². The molecular weight excluding hydrogens is 380 g/mol. The van der Waals surface area contributed by atoms with Gasteiger partial charge in [0.2, 0.25) is 0 Å². The molecule has 0 bridgehead atoms. The van der Waals surface area contributed by atoms with E-state index in [4.69, 9.17) is 9.47 Å². The van der Waals surface area contributed by atoms with Gasteiger partial charge >= 0.3 is 5.97 Å². The molecule has 1 unspecified atom stereocenters. The molecule has 0 N–H and O–H groups in total. The number of rotatable bonds is 11. The smallest absolute Gasteiger partial charge is 0.313 e. The first kappa shape index (κ1) is 21.8. The number of hydrogen-bond donors (Lipinski definition) is 0. The average Bonchev–Trinajstić information content (AvgIpc) is 2.66. The summed E-state index contributed by atoms with van der Waals surface area (Å²) in [5.74, 6) is 0.700. The van der Waals surface area contributed by atoms with Gasteiger partial charge in [-0.2, -0.15) is 0 Å². The standard InChI is InChI=1S/C21H26O4S2/c1-15-4-5-19-13-17(6-7-18(19)12-15)16(2)20(22)14-21(23)25-9-11-27-26-10-8-24-3/h4-7,12-13,16H,8-11,14H2,1-3H3. The monoisotopic (exact) mass is 406 g/mol. The van der Waals surface area contributed by atoms with Crippen LogP contribution in [-0.4, -0.2) is 43.6 Å². The molecule has 0 radical (unpaired) electrons. The molecule has 2 rings (SSSR count). The van der Waals surface area contributed by atoms with Crippen LogP contribution in [0.1, 0.15) is 30.4 Å². The van der Waals surface area contributed by atoms with Crippen molar-refractivity contribution < 1.29 is 19.1 Å². The number of ketones is 1. The molecular formula is C21H26O4S2. The van der Waals surface area contributed by atoms with Crippen LogP contribution >= 0.6 is 21.6 Å². The number of fused-ring (bicyclic) bond motifs is 1. The van der Waals surface area contributed by atoms with Gasteiger partial charge in [0.15, 0.2) is 5.78 Å². The highest BCUT2D eigenvalue weighted by Gasteiger charge is 2.19. The molecule has 0 saturated heterocycles. The summed E-state index contributed by atoms with van der Waals surface area (Å²) < 4.78 is 10.1. The highest BCUT2D eigenvalue weighted by Crippen LogP contribution is 2.24. The van der Waals surface area contributed by atoms with Crippen LogP contribution in [0.3, 0.4) is 0 Å².